The van der Waals surface area contributed by atoms with E-state index in [9.17, 15) is 14.4 Å². The number of alkyl halides is 1. The minimum Gasteiger partial charge on any atom is -0.463 e. The molecule has 0 unspecified atom stereocenters. The molecule has 0 amide bonds. The lowest BCUT2D eigenvalue weighted by atomic mass is 9.98. The zero-order valence-electron chi connectivity index (χ0n) is 12.7. The average molecular weight is 394 g/mol. The van der Waals surface area contributed by atoms with Gasteiger partial charge in [0.2, 0.25) is 0 Å². The van der Waals surface area contributed by atoms with Crippen LogP contribution in [0.25, 0.3) is 10.4 Å². The molecule has 0 aromatic heterocycles. The van der Waals surface area contributed by atoms with Crippen molar-refractivity contribution in [2.24, 2.45) is 5.11 Å². The molecule has 11 heteroatoms. The Balaban J connectivity index is 3.11. The molecule has 0 aromatic rings. The summed E-state index contributed by atoms with van der Waals surface area (Å²) in [5.74, 6) is -1.86. The molecular formula is C12H16BrN3O7. The van der Waals surface area contributed by atoms with E-state index in [0.29, 0.717) is 0 Å². The van der Waals surface area contributed by atoms with Crippen molar-refractivity contribution in [2.75, 3.05) is 6.61 Å². The van der Waals surface area contributed by atoms with E-state index in [1.165, 1.54) is 6.92 Å². The third-order valence-electron chi connectivity index (χ3n) is 2.84. The fraction of sp³-hybridized carbons (Fsp3) is 0.750. The highest BCUT2D eigenvalue weighted by Crippen LogP contribution is 2.31. The summed E-state index contributed by atoms with van der Waals surface area (Å²) in [6.07, 6.45) is -3.09. The predicted octanol–water partition coefficient (Wildman–Crippen LogP) is 1.21. The van der Waals surface area contributed by atoms with Crippen LogP contribution in [0.2, 0.25) is 0 Å². The SMILES string of the molecule is CC(=O)OC[C@H]1O[C@H](Br)[C@H](N=[N+]=[N-])[C@@H](OC(C)=O)[C@H]1OC(C)=O. The van der Waals surface area contributed by atoms with Gasteiger partial charge in [0, 0.05) is 25.7 Å². The number of hydrogen-bond donors (Lipinski definition) is 0. The van der Waals surface area contributed by atoms with Crippen LogP contribution in [0.4, 0.5) is 0 Å². The molecule has 128 valence electrons. The van der Waals surface area contributed by atoms with Crippen molar-refractivity contribution >= 4 is 33.8 Å². The number of carbonyl (C=O) groups excluding carboxylic acids is 3. The lowest BCUT2D eigenvalue weighted by Crippen LogP contribution is -2.59. The second-order valence-electron chi connectivity index (χ2n) is 4.67. The van der Waals surface area contributed by atoms with Gasteiger partial charge < -0.3 is 18.9 Å². The van der Waals surface area contributed by atoms with E-state index >= 15 is 0 Å². The molecule has 0 N–H and O–H groups in total. The average Bonchev–Trinajstić information content (AvgIpc) is 2.42. The van der Waals surface area contributed by atoms with E-state index < -0.39 is 47.3 Å². The first-order valence-electron chi connectivity index (χ1n) is 6.57. The van der Waals surface area contributed by atoms with E-state index in [1.54, 1.807) is 0 Å². The van der Waals surface area contributed by atoms with Crippen LogP contribution < -0.4 is 0 Å². The number of ether oxygens (including phenoxy) is 4. The maximum atomic E-state index is 11.3. The summed E-state index contributed by atoms with van der Waals surface area (Å²) in [7, 11) is 0. The lowest BCUT2D eigenvalue weighted by molar-refractivity contribution is -0.208. The minimum atomic E-state index is -1.10. The van der Waals surface area contributed by atoms with Gasteiger partial charge in [-0.2, -0.15) is 0 Å². The largest absolute Gasteiger partial charge is 0.463 e. The maximum Gasteiger partial charge on any atom is 0.303 e. The van der Waals surface area contributed by atoms with Crippen molar-refractivity contribution in [3.05, 3.63) is 10.4 Å². The Bertz CT molecular complexity index is 523. The number of hydrogen-bond acceptors (Lipinski definition) is 8. The van der Waals surface area contributed by atoms with Crippen molar-refractivity contribution in [2.45, 2.75) is 50.1 Å². The van der Waals surface area contributed by atoms with Crippen LogP contribution in [0.3, 0.4) is 0 Å². The van der Waals surface area contributed by atoms with Crippen LogP contribution in [-0.2, 0) is 33.3 Å². The number of nitrogens with zero attached hydrogens (tertiary/aromatic N) is 3. The van der Waals surface area contributed by atoms with Gasteiger partial charge in [-0.3, -0.25) is 14.4 Å². The zero-order valence-corrected chi connectivity index (χ0v) is 14.3. The van der Waals surface area contributed by atoms with Crippen molar-refractivity contribution < 1.29 is 33.3 Å². The first kappa shape index (κ1) is 19.2. The summed E-state index contributed by atoms with van der Waals surface area (Å²) in [5.41, 5.74) is 8.66. The van der Waals surface area contributed by atoms with Gasteiger partial charge in [-0.25, -0.2) is 0 Å². The van der Waals surface area contributed by atoms with Gasteiger partial charge in [-0.1, -0.05) is 21.0 Å². The molecule has 1 aliphatic rings. The summed E-state index contributed by atoms with van der Waals surface area (Å²) in [4.78, 5) is 36.3. The smallest absolute Gasteiger partial charge is 0.303 e. The Morgan fingerprint density at radius 3 is 2.17 bits per heavy atom. The summed E-state index contributed by atoms with van der Waals surface area (Å²) >= 11 is 3.17. The number of rotatable bonds is 5. The van der Waals surface area contributed by atoms with E-state index in [-0.39, 0.29) is 6.61 Å². The third-order valence-corrected chi connectivity index (χ3v) is 3.60. The number of azide groups is 1. The third kappa shape index (κ3) is 5.70. The molecule has 0 bridgehead atoms. The van der Waals surface area contributed by atoms with Crippen molar-refractivity contribution in [3.63, 3.8) is 0 Å². The normalized spacial score (nSPS) is 29.8. The molecule has 1 saturated heterocycles. The lowest BCUT2D eigenvalue weighted by Gasteiger charge is -2.41. The summed E-state index contributed by atoms with van der Waals surface area (Å²) in [6.45, 7) is 3.31. The van der Waals surface area contributed by atoms with Crippen LogP contribution in [-0.4, -0.2) is 53.9 Å². The Morgan fingerprint density at radius 1 is 1.13 bits per heavy atom. The quantitative estimate of drug-likeness (QED) is 0.171. The molecule has 0 aliphatic carbocycles. The minimum absolute atomic E-state index is 0.226. The molecule has 0 radical (unpaired) electrons. The molecule has 1 heterocycles. The van der Waals surface area contributed by atoms with Crippen LogP contribution in [0.15, 0.2) is 5.11 Å². The van der Waals surface area contributed by atoms with Crippen LogP contribution >= 0.6 is 15.9 Å². The second kappa shape index (κ2) is 8.70. The van der Waals surface area contributed by atoms with Crippen LogP contribution in [0.1, 0.15) is 20.8 Å². The monoisotopic (exact) mass is 393 g/mol. The second-order valence-corrected chi connectivity index (χ2v) is 5.57. The van der Waals surface area contributed by atoms with Gasteiger partial charge in [0.25, 0.3) is 0 Å². The molecule has 1 fully saturated rings. The molecule has 10 nitrogen and oxygen atoms in total. The topological polar surface area (TPSA) is 137 Å². The van der Waals surface area contributed by atoms with Crippen LogP contribution in [0, 0.1) is 0 Å². The Kier molecular flexibility index (Phi) is 7.27. The Labute approximate surface area is 140 Å². The first-order chi connectivity index (χ1) is 10.8. The Morgan fingerprint density at radius 2 is 1.70 bits per heavy atom. The van der Waals surface area contributed by atoms with E-state index in [1.807, 2.05) is 0 Å². The molecule has 23 heavy (non-hydrogen) atoms. The molecular weight excluding hydrogens is 378 g/mol. The van der Waals surface area contributed by atoms with Gasteiger partial charge >= 0.3 is 17.9 Å². The molecule has 1 aliphatic heterocycles. The van der Waals surface area contributed by atoms with Crippen molar-refractivity contribution in [1.82, 2.24) is 0 Å². The predicted molar refractivity (Wildman–Crippen MR) is 78.3 cm³/mol. The standard InChI is InChI=1S/C12H16BrN3O7/c1-5(17)20-4-8-10(21-6(2)18)11(22-7(3)19)9(15-16-14)12(13)23-8/h8-12H,4H2,1-3H3/t8-,9-,10+,11-,12+/m1/s1. The molecule has 0 saturated carbocycles. The van der Waals surface area contributed by atoms with Gasteiger partial charge in [-0.15, -0.1) is 0 Å². The zero-order chi connectivity index (χ0) is 17.6. The fourth-order valence-corrected chi connectivity index (χ4v) is 2.74. The van der Waals surface area contributed by atoms with Gasteiger partial charge in [0.1, 0.15) is 23.8 Å². The van der Waals surface area contributed by atoms with E-state index in [4.69, 9.17) is 24.5 Å². The van der Waals surface area contributed by atoms with Crippen molar-refractivity contribution in [1.29, 1.82) is 0 Å². The molecule has 5 atom stereocenters. The number of halogens is 1. The Hall–Kier alpha value is -1.84. The molecule has 1 rings (SSSR count). The van der Waals surface area contributed by atoms with E-state index in [0.717, 1.165) is 13.8 Å². The van der Waals surface area contributed by atoms with Crippen LogP contribution in [0.5, 0.6) is 0 Å². The number of esters is 3. The molecule has 0 aromatic carbocycles. The summed E-state index contributed by atoms with van der Waals surface area (Å²) in [6, 6.07) is -0.971. The van der Waals surface area contributed by atoms with Crippen molar-refractivity contribution in [3.8, 4) is 0 Å². The highest BCUT2D eigenvalue weighted by molar-refractivity contribution is 9.09. The summed E-state index contributed by atoms with van der Waals surface area (Å²) < 4.78 is 20.7. The van der Waals surface area contributed by atoms with E-state index in [2.05, 4.69) is 26.0 Å². The van der Waals surface area contributed by atoms with Gasteiger partial charge in [-0.05, 0) is 5.53 Å². The first-order valence-corrected chi connectivity index (χ1v) is 7.49. The fourth-order valence-electron chi connectivity index (χ4n) is 2.05. The van der Waals surface area contributed by atoms with Gasteiger partial charge in [0.15, 0.2) is 12.2 Å². The summed E-state index contributed by atoms with van der Waals surface area (Å²) in [5, 5.41) is 2.69. The highest BCUT2D eigenvalue weighted by atomic mass is 79.9. The highest BCUT2D eigenvalue weighted by Gasteiger charge is 2.49. The number of carbonyl (C=O) groups is 3. The van der Waals surface area contributed by atoms with Gasteiger partial charge in [0.05, 0.1) is 0 Å². The molecule has 0 spiro atoms. The maximum absolute atomic E-state index is 11.3.